The minimum absolute atomic E-state index is 0.0140. The van der Waals surface area contributed by atoms with Crippen molar-refractivity contribution in [1.29, 1.82) is 5.26 Å². The molecule has 0 unspecified atom stereocenters. The largest absolute Gasteiger partial charge is 0.233 e. The number of aryl methyl sites for hydroxylation is 1. The maximum atomic E-state index is 12.1. The van der Waals surface area contributed by atoms with Crippen LogP contribution in [-0.4, -0.2) is 24.1 Å². The molecule has 0 radical (unpaired) electrons. The van der Waals surface area contributed by atoms with Crippen LogP contribution in [0.3, 0.4) is 0 Å². The molecular weight excluding hydrogens is 334 g/mol. The van der Waals surface area contributed by atoms with Gasteiger partial charge < -0.3 is 0 Å². The van der Waals surface area contributed by atoms with E-state index in [4.69, 9.17) is 16.9 Å². The molecule has 0 atom stereocenters. The molecule has 0 amide bonds. The summed E-state index contributed by atoms with van der Waals surface area (Å²) in [5.74, 6) is 0.311. The first-order valence-electron chi connectivity index (χ1n) is 7.07. The number of halogens is 1. The van der Waals surface area contributed by atoms with Gasteiger partial charge in [-0.1, -0.05) is 11.6 Å². The number of rotatable bonds is 6. The van der Waals surface area contributed by atoms with Crippen LogP contribution in [0.2, 0.25) is 5.02 Å². The Hall–Kier alpha value is -1.97. The van der Waals surface area contributed by atoms with Gasteiger partial charge >= 0.3 is 0 Å². The van der Waals surface area contributed by atoms with Crippen molar-refractivity contribution < 1.29 is 8.42 Å². The van der Waals surface area contributed by atoms with Crippen molar-refractivity contribution in [2.45, 2.75) is 25.5 Å². The summed E-state index contributed by atoms with van der Waals surface area (Å²) in [6, 6.07) is 10.7. The lowest BCUT2D eigenvalue weighted by molar-refractivity contribution is 0.592. The normalized spacial score (nSPS) is 11.2. The van der Waals surface area contributed by atoms with E-state index in [-0.39, 0.29) is 17.9 Å². The molecule has 2 rings (SSSR count). The molecule has 0 saturated carbocycles. The predicted octanol–water partition coefficient (Wildman–Crippen LogP) is 3.32. The lowest BCUT2D eigenvalue weighted by Gasteiger charge is -2.07. The Balaban J connectivity index is 2.24. The van der Waals surface area contributed by atoms with Crippen molar-refractivity contribution in [3.8, 4) is 17.5 Å². The van der Waals surface area contributed by atoms with Gasteiger partial charge in [-0.2, -0.15) is 5.26 Å². The SMILES string of the molecule is Cc1cc(CS(=O)(=O)CCCC#N)nc(-c2ccc(Cl)cc2)n1. The van der Waals surface area contributed by atoms with Crippen molar-refractivity contribution in [3.63, 3.8) is 0 Å². The molecule has 2 aromatic rings. The number of hydrogen-bond donors (Lipinski definition) is 0. The van der Waals surface area contributed by atoms with Gasteiger partial charge in [0.05, 0.1) is 23.3 Å². The number of hydrogen-bond acceptors (Lipinski definition) is 5. The minimum atomic E-state index is -3.29. The van der Waals surface area contributed by atoms with Gasteiger partial charge in [0.2, 0.25) is 0 Å². The molecule has 0 N–H and O–H groups in total. The van der Waals surface area contributed by atoms with Gasteiger partial charge in [0, 0.05) is 22.7 Å². The van der Waals surface area contributed by atoms with Crippen molar-refractivity contribution in [3.05, 3.63) is 46.7 Å². The lowest BCUT2D eigenvalue weighted by Crippen LogP contribution is -2.11. The molecule has 0 spiro atoms. The van der Waals surface area contributed by atoms with Gasteiger partial charge in [0.25, 0.3) is 0 Å². The molecule has 23 heavy (non-hydrogen) atoms. The monoisotopic (exact) mass is 349 g/mol. The van der Waals surface area contributed by atoms with E-state index in [1.54, 1.807) is 37.3 Å². The minimum Gasteiger partial charge on any atom is -0.233 e. The summed E-state index contributed by atoms with van der Waals surface area (Å²) in [7, 11) is -3.29. The van der Waals surface area contributed by atoms with Crippen molar-refractivity contribution >= 4 is 21.4 Å². The Labute approximate surface area is 140 Å². The molecular formula is C16H16ClN3O2S. The molecule has 5 nitrogen and oxygen atoms in total. The number of nitrogens with zero attached hydrogens (tertiary/aromatic N) is 3. The highest BCUT2D eigenvalue weighted by Gasteiger charge is 2.14. The molecule has 0 aliphatic heterocycles. The summed E-state index contributed by atoms with van der Waals surface area (Å²) >= 11 is 5.87. The van der Waals surface area contributed by atoms with Crippen molar-refractivity contribution in [2.75, 3.05) is 5.75 Å². The quantitative estimate of drug-likeness (QED) is 0.747. The molecule has 120 valence electrons. The molecule has 0 fully saturated rings. The first-order chi connectivity index (χ1) is 10.9. The van der Waals surface area contributed by atoms with Gasteiger partial charge in [0.1, 0.15) is 0 Å². The third kappa shape index (κ3) is 5.31. The third-order valence-corrected chi connectivity index (χ3v) is 5.02. The highest BCUT2D eigenvalue weighted by Crippen LogP contribution is 2.19. The number of unbranched alkanes of at least 4 members (excludes halogenated alkanes) is 1. The number of aromatic nitrogens is 2. The molecule has 0 bridgehead atoms. The highest BCUT2D eigenvalue weighted by atomic mass is 35.5. The summed E-state index contributed by atoms with van der Waals surface area (Å²) in [6.45, 7) is 1.80. The van der Waals surface area contributed by atoms with Crippen LogP contribution in [0.15, 0.2) is 30.3 Å². The molecule has 7 heteroatoms. The van der Waals surface area contributed by atoms with E-state index in [2.05, 4.69) is 9.97 Å². The second-order valence-electron chi connectivity index (χ2n) is 5.18. The van der Waals surface area contributed by atoms with Crippen LogP contribution < -0.4 is 0 Å². The molecule has 0 aliphatic rings. The van der Waals surface area contributed by atoms with Crippen LogP contribution in [0, 0.1) is 18.3 Å². The maximum Gasteiger partial charge on any atom is 0.159 e. The van der Waals surface area contributed by atoms with Crippen molar-refractivity contribution in [1.82, 2.24) is 9.97 Å². The zero-order valence-corrected chi connectivity index (χ0v) is 14.2. The van der Waals surface area contributed by atoms with E-state index in [9.17, 15) is 8.42 Å². The van der Waals surface area contributed by atoms with E-state index in [0.717, 1.165) is 5.56 Å². The van der Waals surface area contributed by atoms with Gasteiger partial charge in [-0.15, -0.1) is 0 Å². The number of benzene rings is 1. The predicted molar refractivity (Wildman–Crippen MR) is 89.6 cm³/mol. The topological polar surface area (TPSA) is 83.7 Å². The zero-order chi connectivity index (χ0) is 16.9. The Morgan fingerprint density at radius 2 is 1.91 bits per heavy atom. The van der Waals surface area contributed by atoms with Crippen LogP contribution >= 0.6 is 11.6 Å². The van der Waals surface area contributed by atoms with Crippen LogP contribution in [0.4, 0.5) is 0 Å². The highest BCUT2D eigenvalue weighted by molar-refractivity contribution is 7.90. The van der Waals surface area contributed by atoms with E-state index in [1.807, 2.05) is 6.07 Å². The zero-order valence-electron chi connectivity index (χ0n) is 12.7. The van der Waals surface area contributed by atoms with Crippen molar-refractivity contribution in [2.24, 2.45) is 0 Å². The number of nitriles is 1. The molecule has 0 aliphatic carbocycles. The Morgan fingerprint density at radius 1 is 1.22 bits per heavy atom. The van der Waals surface area contributed by atoms with Gasteiger partial charge in [-0.25, -0.2) is 18.4 Å². The van der Waals surface area contributed by atoms with Crippen LogP contribution in [0.25, 0.3) is 11.4 Å². The van der Waals surface area contributed by atoms with E-state index < -0.39 is 9.84 Å². The fraction of sp³-hybridized carbons (Fsp3) is 0.312. The van der Waals surface area contributed by atoms with Crippen LogP contribution in [0.5, 0.6) is 0 Å². The summed E-state index contributed by atoms with van der Waals surface area (Å²) in [5, 5.41) is 9.11. The van der Waals surface area contributed by atoms with Gasteiger partial charge in [-0.3, -0.25) is 0 Å². The van der Waals surface area contributed by atoms with E-state index in [1.165, 1.54) is 0 Å². The standard InChI is InChI=1S/C16H16ClN3O2S/c1-12-10-15(11-23(21,22)9-3-2-8-18)20-16(19-12)13-4-6-14(17)7-5-13/h4-7,10H,2-3,9,11H2,1H3. The Morgan fingerprint density at radius 3 is 2.57 bits per heavy atom. The first-order valence-corrected chi connectivity index (χ1v) is 9.27. The summed E-state index contributed by atoms with van der Waals surface area (Å²) in [4.78, 5) is 8.70. The molecule has 1 aromatic heterocycles. The maximum absolute atomic E-state index is 12.1. The smallest absolute Gasteiger partial charge is 0.159 e. The second kappa shape index (κ2) is 7.53. The third-order valence-electron chi connectivity index (χ3n) is 3.12. The molecule has 1 aromatic carbocycles. The second-order valence-corrected chi connectivity index (χ2v) is 7.81. The summed E-state index contributed by atoms with van der Waals surface area (Å²) < 4.78 is 24.2. The summed E-state index contributed by atoms with van der Waals surface area (Å²) in [6.07, 6.45) is 0.574. The van der Waals surface area contributed by atoms with Crippen LogP contribution in [0.1, 0.15) is 24.2 Å². The average molecular weight is 350 g/mol. The Bertz CT molecular complexity index is 827. The van der Waals surface area contributed by atoms with Crippen LogP contribution in [-0.2, 0) is 15.6 Å². The Kier molecular flexibility index (Phi) is 5.69. The first kappa shape index (κ1) is 17.4. The fourth-order valence-electron chi connectivity index (χ4n) is 2.10. The number of sulfone groups is 1. The fourth-order valence-corrected chi connectivity index (χ4v) is 3.56. The molecule has 1 heterocycles. The van der Waals surface area contributed by atoms with E-state index >= 15 is 0 Å². The summed E-state index contributed by atoms with van der Waals surface area (Å²) in [5.41, 5.74) is 1.94. The molecule has 0 saturated heterocycles. The van der Waals surface area contributed by atoms with E-state index in [0.29, 0.717) is 28.7 Å². The van der Waals surface area contributed by atoms with Gasteiger partial charge in [-0.05, 0) is 43.7 Å². The average Bonchev–Trinajstić information content (AvgIpc) is 2.47. The van der Waals surface area contributed by atoms with Gasteiger partial charge in [0.15, 0.2) is 15.7 Å². The lowest BCUT2D eigenvalue weighted by atomic mass is 10.2.